The molecule has 0 radical (unpaired) electrons. The molecule has 110 valence electrons. The van der Waals surface area contributed by atoms with Crippen LogP contribution < -0.4 is 0 Å². The molecule has 0 saturated carbocycles. The first-order chi connectivity index (χ1) is 9.34. The number of hydrogen-bond donors (Lipinski definition) is 0. The Labute approximate surface area is 124 Å². The molecular formula is C19H29N. The van der Waals surface area contributed by atoms with Gasteiger partial charge < -0.3 is 4.90 Å². The van der Waals surface area contributed by atoms with Crippen molar-refractivity contribution in [3.8, 4) is 0 Å². The predicted octanol–water partition coefficient (Wildman–Crippen LogP) is 5.26. The van der Waals surface area contributed by atoms with E-state index in [0.29, 0.717) is 11.8 Å². The van der Waals surface area contributed by atoms with Gasteiger partial charge in [0, 0.05) is 0 Å². The SMILES string of the molecule is CC(C)c1ccc2ccccc2c1C(C)C.CN(C)C. The van der Waals surface area contributed by atoms with Crippen LogP contribution in [0.1, 0.15) is 50.7 Å². The van der Waals surface area contributed by atoms with E-state index in [4.69, 9.17) is 0 Å². The Kier molecular flexibility index (Phi) is 6.22. The molecular weight excluding hydrogens is 242 g/mol. The first kappa shape index (κ1) is 16.7. The maximum absolute atomic E-state index is 2.29. The third-order valence-electron chi connectivity index (χ3n) is 3.20. The molecule has 0 aliphatic rings. The Balaban J connectivity index is 0.000000444. The standard InChI is InChI=1S/C16H20.C3H9N/c1-11(2)14-10-9-13-7-5-6-8-15(13)16(14)12(3)4;1-4(2)3/h5-12H,1-4H3;1-3H3. The fourth-order valence-corrected chi connectivity index (χ4v) is 2.46. The van der Waals surface area contributed by atoms with E-state index in [0.717, 1.165) is 0 Å². The van der Waals surface area contributed by atoms with Crippen molar-refractivity contribution in [3.05, 3.63) is 47.5 Å². The van der Waals surface area contributed by atoms with Crippen LogP contribution in [0.15, 0.2) is 36.4 Å². The van der Waals surface area contributed by atoms with Crippen LogP contribution >= 0.6 is 0 Å². The number of rotatable bonds is 2. The Bertz CT molecular complexity index is 536. The molecule has 20 heavy (non-hydrogen) atoms. The summed E-state index contributed by atoms with van der Waals surface area (Å²) in [5.74, 6) is 1.19. The van der Waals surface area contributed by atoms with Gasteiger partial charge >= 0.3 is 0 Å². The lowest BCUT2D eigenvalue weighted by Gasteiger charge is -2.18. The first-order valence-corrected chi connectivity index (χ1v) is 7.47. The number of benzene rings is 2. The van der Waals surface area contributed by atoms with Crippen molar-refractivity contribution in [1.29, 1.82) is 0 Å². The maximum atomic E-state index is 2.29. The van der Waals surface area contributed by atoms with Crippen LogP contribution in [0.2, 0.25) is 0 Å². The molecule has 0 aromatic heterocycles. The normalized spacial score (nSPS) is 11.1. The van der Waals surface area contributed by atoms with Crippen molar-refractivity contribution in [2.24, 2.45) is 0 Å². The van der Waals surface area contributed by atoms with Crippen LogP contribution in [0.3, 0.4) is 0 Å². The number of fused-ring (bicyclic) bond motifs is 1. The highest BCUT2D eigenvalue weighted by molar-refractivity contribution is 5.87. The average Bonchev–Trinajstić information content (AvgIpc) is 2.36. The highest BCUT2D eigenvalue weighted by atomic mass is 15.0. The molecule has 2 rings (SSSR count). The summed E-state index contributed by atoms with van der Waals surface area (Å²) < 4.78 is 0. The third-order valence-corrected chi connectivity index (χ3v) is 3.20. The van der Waals surface area contributed by atoms with E-state index < -0.39 is 0 Å². The van der Waals surface area contributed by atoms with E-state index in [9.17, 15) is 0 Å². The second-order valence-electron chi connectivity index (χ2n) is 6.44. The van der Waals surface area contributed by atoms with E-state index in [2.05, 4.69) is 64.1 Å². The molecule has 0 saturated heterocycles. The van der Waals surface area contributed by atoms with Gasteiger partial charge in [0.25, 0.3) is 0 Å². The Morgan fingerprint density at radius 1 is 0.750 bits per heavy atom. The number of hydrogen-bond acceptors (Lipinski definition) is 1. The molecule has 2 aromatic rings. The molecule has 1 heteroatoms. The van der Waals surface area contributed by atoms with Gasteiger partial charge in [-0.1, -0.05) is 64.1 Å². The van der Waals surface area contributed by atoms with Gasteiger partial charge in [0.05, 0.1) is 0 Å². The molecule has 0 bridgehead atoms. The first-order valence-electron chi connectivity index (χ1n) is 7.47. The molecule has 2 aromatic carbocycles. The minimum Gasteiger partial charge on any atom is -0.312 e. The Morgan fingerprint density at radius 2 is 1.30 bits per heavy atom. The molecule has 0 aliphatic heterocycles. The molecule has 0 spiro atoms. The minimum absolute atomic E-state index is 0.587. The van der Waals surface area contributed by atoms with Crippen molar-refractivity contribution in [2.75, 3.05) is 21.1 Å². The molecule has 0 unspecified atom stereocenters. The summed E-state index contributed by atoms with van der Waals surface area (Å²) in [6.07, 6.45) is 0. The fraction of sp³-hybridized carbons (Fsp3) is 0.474. The molecule has 1 nitrogen and oxygen atoms in total. The summed E-state index contributed by atoms with van der Waals surface area (Å²) in [6.45, 7) is 9.12. The highest BCUT2D eigenvalue weighted by Crippen LogP contribution is 2.32. The van der Waals surface area contributed by atoms with Crippen molar-refractivity contribution in [1.82, 2.24) is 4.90 Å². The monoisotopic (exact) mass is 271 g/mol. The zero-order chi connectivity index (χ0) is 15.3. The van der Waals surface area contributed by atoms with Crippen molar-refractivity contribution in [2.45, 2.75) is 39.5 Å². The summed E-state index contributed by atoms with van der Waals surface area (Å²) in [6, 6.07) is 13.2. The van der Waals surface area contributed by atoms with E-state index in [-0.39, 0.29) is 0 Å². The summed E-state index contributed by atoms with van der Waals surface area (Å²) in [5, 5.41) is 2.78. The van der Waals surface area contributed by atoms with Crippen molar-refractivity contribution < 1.29 is 0 Å². The van der Waals surface area contributed by atoms with E-state index in [1.54, 1.807) is 0 Å². The second-order valence-corrected chi connectivity index (χ2v) is 6.44. The lowest BCUT2D eigenvalue weighted by atomic mass is 9.86. The van der Waals surface area contributed by atoms with Gasteiger partial charge in [0.2, 0.25) is 0 Å². The van der Waals surface area contributed by atoms with E-state index in [1.807, 2.05) is 26.0 Å². The molecule has 0 heterocycles. The van der Waals surface area contributed by atoms with Crippen LogP contribution in [-0.2, 0) is 0 Å². The topological polar surface area (TPSA) is 3.24 Å². The van der Waals surface area contributed by atoms with Gasteiger partial charge in [0.1, 0.15) is 0 Å². The predicted molar refractivity (Wildman–Crippen MR) is 91.7 cm³/mol. The van der Waals surface area contributed by atoms with Gasteiger partial charge in [-0.15, -0.1) is 0 Å². The molecule has 0 N–H and O–H groups in total. The zero-order valence-electron chi connectivity index (χ0n) is 14.1. The summed E-state index contributed by atoms with van der Waals surface area (Å²) in [5.41, 5.74) is 3.02. The molecule has 0 aliphatic carbocycles. The van der Waals surface area contributed by atoms with Crippen LogP contribution in [0, 0.1) is 0 Å². The summed E-state index contributed by atoms with van der Waals surface area (Å²) in [7, 11) is 6.00. The van der Waals surface area contributed by atoms with Gasteiger partial charge in [-0.05, 0) is 54.9 Å². The Hall–Kier alpha value is -1.34. The van der Waals surface area contributed by atoms with Gasteiger partial charge in [0.15, 0.2) is 0 Å². The van der Waals surface area contributed by atoms with Crippen LogP contribution in [0.25, 0.3) is 10.8 Å². The zero-order valence-corrected chi connectivity index (χ0v) is 14.1. The van der Waals surface area contributed by atoms with Crippen LogP contribution in [0.4, 0.5) is 0 Å². The number of nitrogens with zero attached hydrogens (tertiary/aromatic N) is 1. The summed E-state index contributed by atoms with van der Waals surface area (Å²) >= 11 is 0. The molecule has 0 fully saturated rings. The lowest BCUT2D eigenvalue weighted by molar-refractivity contribution is 0.505. The average molecular weight is 271 g/mol. The second kappa shape index (κ2) is 7.44. The van der Waals surface area contributed by atoms with Crippen molar-refractivity contribution in [3.63, 3.8) is 0 Å². The van der Waals surface area contributed by atoms with Gasteiger partial charge in [-0.2, -0.15) is 0 Å². The third kappa shape index (κ3) is 4.35. The van der Waals surface area contributed by atoms with Crippen LogP contribution in [-0.4, -0.2) is 26.0 Å². The largest absolute Gasteiger partial charge is 0.312 e. The van der Waals surface area contributed by atoms with E-state index in [1.165, 1.54) is 21.9 Å². The van der Waals surface area contributed by atoms with Gasteiger partial charge in [-0.25, -0.2) is 0 Å². The quantitative estimate of drug-likeness (QED) is 0.719. The highest BCUT2D eigenvalue weighted by Gasteiger charge is 2.12. The summed E-state index contributed by atoms with van der Waals surface area (Å²) in [4.78, 5) is 2.00. The maximum Gasteiger partial charge on any atom is -0.0140 e. The minimum atomic E-state index is 0.587. The Morgan fingerprint density at radius 3 is 1.80 bits per heavy atom. The molecule has 0 amide bonds. The lowest BCUT2D eigenvalue weighted by Crippen LogP contribution is -1.99. The smallest absolute Gasteiger partial charge is 0.0140 e. The molecule has 0 atom stereocenters. The van der Waals surface area contributed by atoms with Gasteiger partial charge in [-0.3, -0.25) is 0 Å². The van der Waals surface area contributed by atoms with Crippen molar-refractivity contribution >= 4 is 10.8 Å². The van der Waals surface area contributed by atoms with E-state index >= 15 is 0 Å². The van der Waals surface area contributed by atoms with Crippen LogP contribution in [0.5, 0.6) is 0 Å². The fourth-order valence-electron chi connectivity index (χ4n) is 2.46.